The lowest BCUT2D eigenvalue weighted by atomic mass is 10.4. The minimum absolute atomic E-state index is 0.132. The second kappa shape index (κ2) is 7.59. The molecule has 1 aromatic rings. The van der Waals surface area contributed by atoms with Gasteiger partial charge in [-0.3, -0.25) is 4.79 Å². The molecule has 0 saturated carbocycles. The summed E-state index contributed by atoms with van der Waals surface area (Å²) in [7, 11) is 1.96. The molecule has 7 heteroatoms. The van der Waals surface area contributed by atoms with Crippen LogP contribution in [0, 0.1) is 0 Å². The predicted molar refractivity (Wildman–Crippen MR) is 85.4 cm³/mol. The molecule has 1 heterocycles. The standard InChI is InChI=1S/C12H22N4OS2/c1-5-6-16(3)12-15-10(13)9(19-12)11(17)14-7-8(2)18-4/h8H,5-7,13H2,1-4H3,(H,14,17). The van der Waals surface area contributed by atoms with Gasteiger partial charge in [-0.25, -0.2) is 4.98 Å². The van der Waals surface area contributed by atoms with Crippen LogP contribution in [0.15, 0.2) is 0 Å². The molecule has 108 valence electrons. The number of nitrogens with one attached hydrogen (secondary N) is 1. The van der Waals surface area contributed by atoms with Gasteiger partial charge in [0.2, 0.25) is 0 Å². The molecule has 5 nitrogen and oxygen atoms in total. The largest absolute Gasteiger partial charge is 0.382 e. The number of aromatic nitrogens is 1. The molecule has 0 fully saturated rings. The molecule has 1 rings (SSSR count). The summed E-state index contributed by atoms with van der Waals surface area (Å²) in [5.74, 6) is 0.185. The van der Waals surface area contributed by atoms with Crippen molar-refractivity contribution in [2.45, 2.75) is 25.5 Å². The molecule has 0 aliphatic heterocycles. The number of amides is 1. The Kier molecular flexibility index (Phi) is 6.44. The number of rotatable bonds is 7. The molecule has 0 spiro atoms. The number of anilines is 2. The van der Waals surface area contributed by atoms with E-state index in [-0.39, 0.29) is 5.91 Å². The monoisotopic (exact) mass is 302 g/mol. The Hall–Kier alpha value is -0.950. The van der Waals surface area contributed by atoms with Crippen molar-refractivity contribution >= 4 is 40.0 Å². The van der Waals surface area contributed by atoms with Crippen LogP contribution in [0.1, 0.15) is 29.9 Å². The molecule has 1 atom stereocenters. The minimum Gasteiger partial charge on any atom is -0.382 e. The molecule has 0 bridgehead atoms. The van der Waals surface area contributed by atoms with E-state index >= 15 is 0 Å². The van der Waals surface area contributed by atoms with E-state index in [1.807, 2.05) is 18.2 Å². The zero-order valence-corrected chi connectivity index (χ0v) is 13.5. The smallest absolute Gasteiger partial charge is 0.265 e. The van der Waals surface area contributed by atoms with E-state index in [0.29, 0.717) is 22.5 Å². The van der Waals surface area contributed by atoms with Gasteiger partial charge in [-0.05, 0) is 12.7 Å². The lowest BCUT2D eigenvalue weighted by Gasteiger charge is -2.13. The van der Waals surface area contributed by atoms with E-state index < -0.39 is 0 Å². The summed E-state index contributed by atoms with van der Waals surface area (Å²) < 4.78 is 0. The topological polar surface area (TPSA) is 71.2 Å². The van der Waals surface area contributed by atoms with Gasteiger partial charge in [0.05, 0.1) is 0 Å². The molecule has 0 aromatic carbocycles. The summed E-state index contributed by atoms with van der Waals surface area (Å²) >= 11 is 3.06. The Balaban J connectivity index is 2.70. The van der Waals surface area contributed by atoms with Crippen molar-refractivity contribution < 1.29 is 4.79 Å². The van der Waals surface area contributed by atoms with Crippen LogP contribution in [-0.4, -0.2) is 42.5 Å². The number of thioether (sulfide) groups is 1. The molecule has 0 radical (unpaired) electrons. The number of hydrogen-bond acceptors (Lipinski definition) is 6. The summed E-state index contributed by atoms with van der Waals surface area (Å²) in [5.41, 5.74) is 5.82. The SMILES string of the molecule is CCCN(C)c1nc(N)c(C(=O)NCC(C)SC)s1. The van der Waals surface area contributed by atoms with Gasteiger partial charge in [-0.1, -0.05) is 25.2 Å². The zero-order chi connectivity index (χ0) is 14.4. The maximum atomic E-state index is 12.0. The molecule has 3 N–H and O–H groups in total. The van der Waals surface area contributed by atoms with Crippen LogP contribution >= 0.6 is 23.1 Å². The summed E-state index contributed by atoms with van der Waals surface area (Å²) in [6, 6.07) is 0. The molecule has 0 aliphatic rings. The second-order valence-electron chi connectivity index (χ2n) is 4.39. The van der Waals surface area contributed by atoms with Crippen molar-refractivity contribution in [3.8, 4) is 0 Å². The highest BCUT2D eigenvalue weighted by Crippen LogP contribution is 2.27. The number of thiazole rings is 1. The van der Waals surface area contributed by atoms with Crippen LogP contribution < -0.4 is 16.0 Å². The van der Waals surface area contributed by atoms with Crippen molar-refractivity contribution in [3.63, 3.8) is 0 Å². The van der Waals surface area contributed by atoms with Gasteiger partial charge in [-0.2, -0.15) is 11.8 Å². The van der Waals surface area contributed by atoms with Crippen LogP contribution in [-0.2, 0) is 0 Å². The molecular weight excluding hydrogens is 280 g/mol. The van der Waals surface area contributed by atoms with Crippen LogP contribution in [0.2, 0.25) is 0 Å². The number of nitrogens with zero attached hydrogens (tertiary/aromatic N) is 2. The van der Waals surface area contributed by atoms with Gasteiger partial charge >= 0.3 is 0 Å². The fourth-order valence-corrected chi connectivity index (χ4v) is 2.62. The first-order valence-corrected chi connectivity index (χ1v) is 8.38. The minimum atomic E-state index is -0.132. The molecular formula is C12H22N4OS2. The average Bonchev–Trinajstić information content (AvgIpc) is 2.78. The molecule has 1 unspecified atom stereocenters. The first kappa shape index (κ1) is 16.1. The van der Waals surface area contributed by atoms with Crippen molar-refractivity contribution in [3.05, 3.63) is 4.88 Å². The van der Waals surface area contributed by atoms with Crippen molar-refractivity contribution in [2.24, 2.45) is 0 Å². The third-order valence-electron chi connectivity index (χ3n) is 2.69. The van der Waals surface area contributed by atoms with E-state index in [4.69, 9.17) is 5.73 Å². The molecule has 1 aromatic heterocycles. The molecule has 0 saturated heterocycles. The zero-order valence-electron chi connectivity index (χ0n) is 11.9. The van der Waals surface area contributed by atoms with Gasteiger partial charge in [0.1, 0.15) is 10.7 Å². The highest BCUT2D eigenvalue weighted by Gasteiger charge is 2.18. The predicted octanol–water partition coefficient (Wildman–Crippen LogP) is 2.05. The van der Waals surface area contributed by atoms with Crippen LogP contribution in [0.4, 0.5) is 10.9 Å². The first-order valence-electron chi connectivity index (χ1n) is 6.28. The van der Waals surface area contributed by atoms with Crippen LogP contribution in [0.3, 0.4) is 0 Å². The maximum absolute atomic E-state index is 12.0. The summed E-state index contributed by atoms with van der Waals surface area (Å²) in [5, 5.41) is 4.07. The first-order chi connectivity index (χ1) is 8.99. The van der Waals surface area contributed by atoms with E-state index in [1.165, 1.54) is 11.3 Å². The fourth-order valence-electron chi connectivity index (χ4n) is 1.48. The van der Waals surface area contributed by atoms with E-state index in [1.54, 1.807) is 11.8 Å². The van der Waals surface area contributed by atoms with Crippen molar-refractivity contribution in [1.29, 1.82) is 0 Å². The number of nitrogens with two attached hydrogens (primary N) is 1. The maximum Gasteiger partial charge on any atom is 0.265 e. The molecule has 1 amide bonds. The number of hydrogen-bond donors (Lipinski definition) is 2. The highest BCUT2D eigenvalue weighted by molar-refractivity contribution is 7.99. The number of carbonyl (C=O) groups is 1. The van der Waals surface area contributed by atoms with Crippen molar-refractivity contribution in [1.82, 2.24) is 10.3 Å². The number of nitrogen functional groups attached to an aromatic ring is 1. The fraction of sp³-hybridized carbons (Fsp3) is 0.667. The second-order valence-corrected chi connectivity index (χ2v) is 6.64. The van der Waals surface area contributed by atoms with Gasteiger partial charge in [-0.15, -0.1) is 0 Å². The summed E-state index contributed by atoms with van der Waals surface area (Å²) in [6.07, 6.45) is 3.05. The van der Waals surface area contributed by atoms with Gasteiger partial charge < -0.3 is 16.0 Å². The normalized spacial score (nSPS) is 12.2. The van der Waals surface area contributed by atoms with Crippen LogP contribution in [0.25, 0.3) is 0 Å². The van der Waals surface area contributed by atoms with E-state index in [0.717, 1.165) is 18.1 Å². The number of carbonyl (C=O) groups excluding carboxylic acids is 1. The molecule has 19 heavy (non-hydrogen) atoms. The lowest BCUT2D eigenvalue weighted by molar-refractivity contribution is 0.0959. The lowest BCUT2D eigenvalue weighted by Crippen LogP contribution is -2.29. The third kappa shape index (κ3) is 4.58. The quantitative estimate of drug-likeness (QED) is 0.806. The van der Waals surface area contributed by atoms with Gasteiger partial charge in [0, 0.05) is 25.4 Å². The summed E-state index contributed by atoms with van der Waals surface area (Å²) in [6.45, 7) is 5.71. The Morgan fingerprint density at radius 3 is 2.89 bits per heavy atom. The van der Waals surface area contributed by atoms with E-state index in [2.05, 4.69) is 24.1 Å². The average molecular weight is 302 g/mol. The Morgan fingerprint density at radius 2 is 2.32 bits per heavy atom. The van der Waals surface area contributed by atoms with Crippen molar-refractivity contribution in [2.75, 3.05) is 37.0 Å². The van der Waals surface area contributed by atoms with Gasteiger partial charge in [0.25, 0.3) is 5.91 Å². The van der Waals surface area contributed by atoms with Crippen LogP contribution in [0.5, 0.6) is 0 Å². The Morgan fingerprint density at radius 1 is 1.63 bits per heavy atom. The third-order valence-corrected chi connectivity index (χ3v) is 4.84. The van der Waals surface area contributed by atoms with E-state index in [9.17, 15) is 4.79 Å². The summed E-state index contributed by atoms with van der Waals surface area (Å²) in [4.78, 5) is 18.8. The Labute approximate surface area is 123 Å². The highest BCUT2D eigenvalue weighted by atomic mass is 32.2. The molecule has 0 aliphatic carbocycles. The van der Waals surface area contributed by atoms with Gasteiger partial charge in [0.15, 0.2) is 5.13 Å². The Bertz CT molecular complexity index is 422.